The summed E-state index contributed by atoms with van der Waals surface area (Å²) in [5, 5.41) is 0. The topological polar surface area (TPSA) is 85.5 Å². The second-order valence-electron chi connectivity index (χ2n) is 4.46. The largest absolute Gasteiger partial charge is 0.373 e. The summed E-state index contributed by atoms with van der Waals surface area (Å²) >= 11 is 0. The number of ether oxygens (including phenoxy) is 1. The van der Waals surface area contributed by atoms with E-state index < -0.39 is 30.9 Å². The Morgan fingerprint density at radius 1 is 1.35 bits per heavy atom. The number of aromatic nitrogens is 1. The zero-order valence-electron chi connectivity index (χ0n) is 10.5. The zero-order valence-corrected chi connectivity index (χ0v) is 10.5. The van der Waals surface area contributed by atoms with E-state index in [1.54, 1.807) is 0 Å². The average Bonchev–Trinajstić information content (AvgIpc) is 2.59. The van der Waals surface area contributed by atoms with E-state index in [1.807, 2.05) is 0 Å². The quantitative estimate of drug-likeness (QED) is 0.846. The number of carbonyl (C=O) groups is 2. The number of alkyl halides is 2. The van der Waals surface area contributed by atoms with Crippen LogP contribution in [0, 0.1) is 0 Å². The molecule has 0 aliphatic carbocycles. The maximum atomic E-state index is 13.4. The van der Waals surface area contributed by atoms with Gasteiger partial charge in [-0.25, -0.2) is 8.78 Å². The van der Waals surface area contributed by atoms with Gasteiger partial charge in [-0.1, -0.05) is 0 Å². The van der Waals surface area contributed by atoms with Gasteiger partial charge in [-0.15, -0.1) is 0 Å². The predicted octanol–water partition coefficient (Wildman–Crippen LogP) is 0.288. The van der Waals surface area contributed by atoms with Gasteiger partial charge in [-0.2, -0.15) is 0 Å². The molecule has 1 aliphatic rings. The standard InChI is InChI=1S/C12H13F2N3O3/c13-12(14)6-17(1-2-20-7-12)11(19)9-3-8(10(15)18)4-16-5-9/h3-5H,1-2,6-7H2,(H2,15,18). The van der Waals surface area contributed by atoms with Gasteiger partial charge in [0.15, 0.2) is 0 Å². The van der Waals surface area contributed by atoms with Crippen molar-refractivity contribution in [1.82, 2.24) is 9.88 Å². The molecule has 0 radical (unpaired) electrons. The Morgan fingerprint density at radius 3 is 2.75 bits per heavy atom. The average molecular weight is 285 g/mol. The molecule has 6 nitrogen and oxygen atoms in total. The van der Waals surface area contributed by atoms with Gasteiger partial charge < -0.3 is 15.4 Å². The van der Waals surface area contributed by atoms with Crippen LogP contribution in [0.3, 0.4) is 0 Å². The molecule has 2 amide bonds. The molecule has 2 N–H and O–H groups in total. The van der Waals surface area contributed by atoms with Crippen LogP contribution < -0.4 is 5.73 Å². The number of amides is 2. The van der Waals surface area contributed by atoms with E-state index in [2.05, 4.69) is 4.98 Å². The van der Waals surface area contributed by atoms with Crippen LogP contribution in [0.15, 0.2) is 18.5 Å². The lowest BCUT2D eigenvalue weighted by molar-refractivity contribution is -0.0660. The van der Waals surface area contributed by atoms with Crippen molar-refractivity contribution < 1.29 is 23.1 Å². The maximum Gasteiger partial charge on any atom is 0.288 e. The Labute approximate surface area is 113 Å². The maximum absolute atomic E-state index is 13.4. The molecule has 2 rings (SSSR count). The first-order valence-electron chi connectivity index (χ1n) is 5.89. The number of carbonyl (C=O) groups excluding carboxylic acids is 2. The van der Waals surface area contributed by atoms with Gasteiger partial charge in [-0.05, 0) is 6.07 Å². The Morgan fingerprint density at radius 2 is 2.05 bits per heavy atom. The lowest BCUT2D eigenvalue weighted by atomic mass is 10.1. The molecule has 1 fully saturated rings. The van der Waals surface area contributed by atoms with Crippen LogP contribution in [-0.2, 0) is 4.74 Å². The number of primary amides is 1. The Kier molecular flexibility index (Phi) is 3.93. The van der Waals surface area contributed by atoms with Crippen molar-refractivity contribution in [3.8, 4) is 0 Å². The van der Waals surface area contributed by atoms with Crippen molar-refractivity contribution in [2.45, 2.75) is 5.92 Å². The smallest absolute Gasteiger partial charge is 0.288 e. The number of halogens is 2. The third-order valence-electron chi connectivity index (χ3n) is 2.80. The van der Waals surface area contributed by atoms with Crippen LogP contribution in [0.1, 0.15) is 20.7 Å². The van der Waals surface area contributed by atoms with Gasteiger partial charge in [-0.3, -0.25) is 14.6 Å². The fourth-order valence-electron chi connectivity index (χ4n) is 1.85. The first kappa shape index (κ1) is 14.3. The van der Waals surface area contributed by atoms with E-state index in [1.165, 1.54) is 18.5 Å². The fraction of sp³-hybridized carbons (Fsp3) is 0.417. The molecule has 0 bridgehead atoms. The van der Waals surface area contributed by atoms with E-state index in [4.69, 9.17) is 10.5 Å². The van der Waals surface area contributed by atoms with Gasteiger partial charge in [0, 0.05) is 18.9 Å². The van der Waals surface area contributed by atoms with Crippen LogP contribution in [-0.4, -0.2) is 53.9 Å². The Hall–Kier alpha value is -2.09. The number of hydrogen-bond donors (Lipinski definition) is 1. The number of nitrogens with zero attached hydrogens (tertiary/aromatic N) is 2. The van der Waals surface area contributed by atoms with Crippen molar-refractivity contribution in [2.24, 2.45) is 5.73 Å². The normalized spacial score (nSPS) is 18.4. The number of hydrogen-bond acceptors (Lipinski definition) is 4. The Bertz CT molecular complexity index is 536. The molecule has 1 aromatic heterocycles. The van der Waals surface area contributed by atoms with E-state index in [0.717, 1.165) is 4.90 Å². The summed E-state index contributed by atoms with van der Waals surface area (Å²) in [4.78, 5) is 27.9. The van der Waals surface area contributed by atoms with Crippen molar-refractivity contribution in [3.63, 3.8) is 0 Å². The minimum absolute atomic E-state index is 0.0320. The summed E-state index contributed by atoms with van der Waals surface area (Å²) in [5.41, 5.74) is 5.18. The molecule has 1 aliphatic heterocycles. The molecular formula is C12H13F2N3O3. The molecular weight excluding hydrogens is 272 g/mol. The summed E-state index contributed by atoms with van der Waals surface area (Å²) in [6, 6.07) is 1.24. The molecule has 0 spiro atoms. The first-order valence-corrected chi connectivity index (χ1v) is 5.89. The van der Waals surface area contributed by atoms with Crippen molar-refractivity contribution >= 4 is 11.8 Å². The highest BCUT2D eigenvalue weighted by Gasteiger charge is 2.36. The highest BCUT2D eigenvalue weighted by molar-refractivity contribution is 5.98. The van der Waals surface area contributed by atoms with Gasteiger partial charge in [0.25, 0.3) is 11.8 Å². The summed E-state index contributed by atoms with van der Waals surface area (Å²) in [6.07, 6.45) is 2.41. The van der Waals surface area contributed by atoms with Crippen LogP contribution in [0.25, 0.3) is 0 Å². The fourth-order valence-corrected chi connectivity index (χ4v) is 1.85. The van der Waals surface area contributed by atoms with Crippen molar-refractivity contribution in [2.75, 3.05) is 26.3 Å². The molecule has 108 valence electrons. The minimum Gasteiger partial charge on any atom is -0.373 e. The second-order valence-corrected chi connectivity index (χ2v) is 4.46. The van der Waals surface area contributed by atoms with E-state index in [-0.39, 0.29) is 24.3 Å². The third-order valence-corrected chi connectivity index (χ3v) is 2.80. The zero-order chi connectivity index (χ0) is 14.8. The SMILES string of the molecule is NC(=O)c1cncc(C(=O)N2CCOCC(F)(F)C2)c1. The van der Waals surface area contributed by atoms with Crippen molar-refractivity contribution in [3.05, 3.63) is 29.6 Å². The number of rotatable bonds is 2. The van der Waals surface area contributed by atoms with E-state index >= 15 is 0 Å². The highest BCUT2D eigenvalue weighted by atomic mass is 19.3. The van der Waals surface area contributed by atoms with E-state index in [9.17, 15) is 18.4 Å². The molecule has 0 unspecified atom stereocenters. The lowest BCUT2D eigenvalue weighted by Gasteiger charge is -2.23. The molecule has 0 aromatic carbocycles. The summed E-state index contributed by atoms with van der Waals surface area (Å²) in [7, 11) is 0. The van der Waals surface area contributed by atoms with Gasteiger partial charge in [0.1, 0.15) is 6.61 Å². The summed E-state index contributed by atoms with van der Waals surface area (Å²) in [5.74, 6) is -4.47. The summed E-state index contributed by atoms with van der Waals surface area (Å²) < 4.78 is 31.5. The van der Waals surface area contributed by atoms with Crippen LogP contribution in [0.2, 0.25) is 0 Å². The molecule has 0 saturated carbocycles. The van der Waals surface area contributed by atoms with Gasteiger partial charge in [0.2, 0.25) is 5.91 Å². The number of nitrogens with two attached hydrogens (primary N) is 1. The molecule has 1 saturated heterocycles. The van der Waals surface area contributed by atoms with Gasteiger partial charge >= 0.3 is 0 Å². The van der Waals surface area contributed by atoms with E-state index in [0.29, 0.717) is 0 Å². The molecule has 1 aromatic rings. The monoisotopic (exact) mass is 285 g/mol. The third kappa shape index (κ3) is 3.27. The van der Waals surface area contributed by atoms with Crippen LogP contribution >= 0.6 is 0 Å². The Balaban J connectivity index is 2.21. The highest BCUT2D eigenvalue weighted by Crippen LogP contribution is 2.20. The number of pyridine rings is 1. The van der Waals surface area contributed by atoms with Crippen LogP contribution in [0.5, 0.6) is 0 Å². The molecule has 2 heterocycles. The van der Waals surface area contributed by atoms with Crippen molar-refractivity contribution in [1.29, 1.82) is 0 Å². The first-order chi connectivity index (χ1) is 9.39. The van der Waals surface area contributed by atoms with Gasteiger partial charge in [0.05, 0.1) is 24.3 Å². The lowest BCUT2D eigenvalue weighted by Crippen LogP contribution is -2.41. The second kappa shape index (κ2) is 5.49. The molecule has 0 atom stereocenters. The summed E-state index contributed by atoms with van der Waals surface area (Å²) in [6.45, 7) is -1.36. The minimum atomic E-state index is -3.10. The molecule has 8 heteroatoms. The molecule has 20 heavy (non-hydrogen) atoms. The predicted molar refractivity (Wildman–Crippen MR) is 64.4 cm³/mol. The van der Waals surface area contributed by atoms with Crippen LogP contribution in [0.4, 0.5) is 8.78 Å².